The SMILES string of the molecule is CC(=O)O.CC(=O)O.[O]=[U]=[O]. The van der Waals surface area contributed by atoms with Crippen molar-refractivity contribution in [2.75, 3.05) is 0 Å². The Morgan fingerprint density at radius 3 is 1.00 bits per heavy atom. The number of aliphatic carboxylic acids is 2. The van der Waals surface area contributed by atoms with Gasteiger partial charge in [-0.3, -0.25) is 9.59 Å². The number of carboxylic acids is 2. The molecule has 0 unspecified atom stereocenters. The fourth-order valence-electron chi connectivity index (χ4n) is 0. The maximum absolute atomic E-state index is 9.00. The second-order valence-corrected chi connectivity index (χ2v) is 1.82. The molecule has 0 bridgehead atoms. The minimum atomic E-state index is -2.51. The van der Waals surface area contributed by atoms with Gasteiger partial charge in [0.15, 0.2) is 0 Å². The van der Waals surface area contributed by atoms with Crippen molar-refractivity contribution in [1.82, 2.24) is 0 Å². The van der Waals surface area contributed by atoms with Crippen molar-refractivity contribution in [2.45, 2.75) is 13.8 Å². The van der Waals surface area contributed by atoms with E-state index in [4.69, 9.17) is 24.3 Å². The van der Waals surface area contributed by atoms with Gasteiger partial charge in [-0.1, -0.05) is 0 Å². The molecule has 0 saturated carbocycles. The van der Waals surface area contributed by atoms with Crippen LogP contribution in [0.2, 0.25) is 0 Å². The fourth-order valence-corrected chi connectivity index (χ4v) is 0. The van der Waals surface area contributed by atoms with Crippen LogP contribution in [0.3, 0.4) is 0 Å². The van der Waals surface area contributed by atoms with Crippen LogP contribution in [0, 0.1) is 27.8 Å². The van der Waals surface area contributed by atoms with Gasteiger partial charge in [-0.15, -0.1) is 0 Å². The van der Waals surface area contributed by atoms with E-state index in [0.29, 0.717) is 0 Å². The summed E-state index contributed by atoms with van der Waals surface area (Å²) in [5, 5.41) is 14.8. The summed E-state index contributed by atoms with van der Waals surface area (Å²) in [6, 6.07) is 0. The fraction of sp³-hybridized carbons (Fsp3) is 0.500. The van der Waals surface area contributed by atoms with Gasteiger partial charge in [0, 0.05) is 13.8 Å². The Labute approximate surface area is 77.8 Å². The second kappa shape index (κ2) is 16.3. The third-order valence-corrected chi connectivity index (χ3v) is 0. The van der Waals surface area contributed by atoms with E-state index in [2.05, 4.69) is 0 Å². The average Bonchev–Trinajstić information content (AvgIpc) is 1.60. The molecule has 6 nitrogen and oxygen atoms in total. The monoisotopic (exact) mass is 390 g/mol. The molecule has 7 heteroatoms. The van der Waals surface area contributed by atoms with E-state index >= 15 is 0 Å². The van der Waals surface area contributed by atoms with Gasteiger partial charge in [0.25, 0.3) is 11.9 Å². The molecule has 0 amide bonds. The second-order valence-electron chi connectivity index (χ2n) is 1.12. The molecule has 0 rings (SSSR count). The van der Waals surface area contributed by atoms with Crippen LogP contribution in [0.5, 0.6) is 0 Å². The molecule has 0 fully saturated rings. The van der Waals surface area contributed by atoms with Crippen LogP contribution in [0.1, 0.15) is 13.8 Å². The quantitative estimate of drug-likeness (QED) is 0.600. The standard InChI is InChI=1S/2C2H4O2.2O.U/c2*1-2(3)4;;;/h2*1H3,(H,3,4);;;. The summed E-state index contributed by atoms with van der Waals surface area (Å²) in [6.45, 7) is 2.17. The summed E-state index contributed by atoms with van der Waals surface area (Å²) >= 11 is -2.51. The zero-order chi connectivity index (χ0) is 9.86. The van der Waals surface area contributed by atoms with Crippen molar-refractivity contribution in [3.8, 4) is 0 Å². The summed E-state index contributed by atoms with van der Waals surface area (Å²) in [7, 11) is 0. The maximum atomic E-state index is 9.00. The average molecular weight is 390 g/mol. The molecule has 0 heterocycles. The third-order valence-electron chi connectivity index (χ3n) is 0. The van der Waals surface area contributed by atoms with E-state index < -0.39 is 39.8 Å². The number of carboxylic acid groups (broad SMARTS) is 2. The van der Waals surface area contributed by atoms with Crippen LogP contribution in [-0.4, -0.2) is 22.2 Å². The molecule has 64 valence electrons. The van der Waals surface area contributed by atoms with Crippen LogP contribution in [0.25, 0.3) is 0 Å². The van der Waals surface area contributed by atoms with Crippen molar-refractivity contribution < 1.29 is 52.1 Å². The van der Waals surface area contributed by atoms with E-state index in [0.717, 1.165) is 13.8 Å². The van der Waals surface area contributed by atoms with Crippen LogP contribution < -0.4 is 0 Å². The van der Waals surface area contributed by atoms with Crippen molar-refractivity contribution in [1.29, 1.82) is 0 Å². The molecule has 0 aromatic heterocycles. The Balaban J connectivity index is -0.0000000886. The predicted molar refractivity (Wildman–Crippen MR) is 28.0 cm³/mol. The van der Waals surface area contributed by atoms with Gasteiger partial charge in [-0.25, -0.2) is 0 Å². The number of hydrogen-bond acceptors (Lipinski definition) is 4. The Hall–Kier alpha value is -0.408. The number of hydrogen-bond donors (Lipinski definition) is 2. The van der Waals surface area contributed by atoms with Crippen LogP contribution in [0.4, 0.5) is 0 Å². The first kappa shape index (κ1) is 16.9. The Kier molecular flexibility index (Phi) is 25.0. The summed E-state index contributed by atoms with van der Waals surface area (Å²) < 4.78 is 17.2. The molecule has 0 radical (unpaired) electrons. The van der Waals surface area contributed by atoms with Crippen LogP contribution in [0.15, 0.2) is 0 Å². The zero-order valence-electron chi connectivity index (χ0n) is 6.03. The van der Waals surface area contributed by atoms with E-state index in [9.17, 15) is 0 Å². The van der Waals surface area contributed by atoms with Gasteiger partial charge in [0.05, 0.1) is 0 Å². The van der Waals surface area contributed by atoms with Crippen LogP contribution >= 0.6 is 0 Å². The zero-order valence-corrected chi connectivity index (χ0v) is 10.2. The topological polar surface area (TPSA) is 109 Å². The molecule has 0 atom stereocenters. The molecular formula is C4H8O6U. The van der Waals surface area contributed by atoms with Crippen LogP contribution in [-0.2, 0) is 14.1 Å². The van der Waals surface area contributed by atoms with Gasteiger partial charge in [0.2, 0.25) is 0 Å². The Morgan fingerprint density at radius 2 is 1.00 bits per heavy atom. The van der Waals surface area contributed by atoms with Crippen molar-refractivity contribution in [3.63, 3.8) is 0 Å². The van der Waals surface area contributed by atoms with Gasteiger partial charge < -0.3 is 10.2 Å². The van der Waals surface area contributed by atoms with E-state index in [1.165, 1.54) is 0 Å². The first-order valence-electron chi connectivity index (χ1n) is 2.26. The molecule has 0 aromatic rings. The molecule has 0 spiro atoms. The molecule has 0 aliphatic rings. The molecule has 2 N–H and O–H groups in total. The molecule has 0 aromatic carbocycles. The van der Waals surface area contributed by atoms with Gasteiger partial charge in [-0.2, -0.15) is 0 Å². The van der Waals surface area contributed by atoms with E-state index in [1.54, 1.807) is 0 Å². The summed E-state index contributed by atoms with van der Waals surface area (Å²) in [5.74, 6) is -1.67. The van der Waals surface area contributed by atoms with Crippen molar-refractivity contribution in [3.05, 3.63) is 0 Å². The Morgan fingerprint density at radius 1 is 1.00 bits per heavy atom. The van der Waals surface area contributed by atoms with Gasteiger partial charge in [-0.05, 0) is 0 Å². The summed E-state index contributed by atoms with van der Waals surface area (Å²) in [6.07, 6.45) is 0. The first-order valence-corrected chi connectivity index (χ1v) is 5.66. The molecule has 0 aliphatic carbocycles. The summed E-state index contributed by atoms with van der Waals surface area (Å²) in [4.78, 5) is 18.0. The normalized spacial score (nSPS) is 5.27. The molecule has 0 saturated heterocycles. The van der Waals surface area contributed by atoms with Crippen molar-refractivity contribution >= 4 is 11.9 Å². The van der Waals surface area contributed by atoms with Crippen molar-refractivity contribution in [2.24, 2.45) is 0 Å². The molecular weight excluding hydrogens is 382 g/mol. The molecule has 0 aliphatic heterocycles. The van der Waals surface area contributed by atoms with Gasteiger partial charge >= 0.3 is 32.3 Å². The summed E-state index contributed by atoms with van der Waals surface area (Å²) in [5.41, 5.74) is 0. The third kappa shape index (κ3) is 3320. The van der Waals surface area contributed by atoms with E-state index in [1.807, 2.05) is 0 Å². The number of rotatable bonds is 0. The first-order chi connectivity index (χ1) is 4.88. The van der Waals surface area contributed by atoms with E-state index in [-0.39, 0.29) is 0 Å². The minimum absolute atomic E-state index is 0.833. The molecule has 11 heavy (non-hydrogen) atoms. The number of carbonyl (C=O) groups is 2. The Bertz CT molecular complexity index is 127. The predicted octanol–water partition coefficient (Wildman–Crippen LogP) is -0.0558. The van der Waals surface area contributed by atoms with Gasteiger partial charge in [0.1, 0.15) is 0 Å².